The predicted octanol–water partition coefficient (Wildman–Crippen LogP) is 1.52. The first-order valence-electron chi connectivity index (χ1n) is 6.94. The number of hydrogen-bond acceptors (Lipinski definition) is 3. The second kappa shape index (κ2) is 5.29. The average molecular weight is 299 g/mol. The molecule has 1 unspecified atom stereocenters. The van der Waals surface area contributed by atoms with Crippen molar-refractivity contribution in [1.29, 1.82) is 0 Å². The molecule has 1 atom stereocenters. The molecule has 21 heavy (non-hydrogen) atoms. The fraction of sp³-hybridized carbons (Fsp3) is 0.571. The van der Waals surface area contributed by atoms with E-state index in [2.05, 4.69) is 9.88 Å². The van der Waals surface area contributed by atoms with Gasteiger partial charge in [0.25, 0.3) is 5.92 Å². The molecular weight excluding hydrogens is 283 g/mol. The molecule has 1 aromatic rings. The van der Waals surface area contributed by atoms with Gasteiger partial charge < -0.3 is 4.90 Å². The summed E-state index contributed by atoms with van der Waals surface area (Å²) in [7, 11) is 0. The number of aromatic nitrogens is 1. The Balaban J connectivity index is 1.50. The molecule has 1 saturated carbocycles. The SMILES string of the molecule is O=C(C1CC1(F)F)N1CCN(Cc2cncc(F)c2)CC1. The number of nitrogens with zero attached hydrogens (tertiary/aromatic N) is 3. The lowest BCUT2D eigenvalue weighted by Gasteiger charge is -2.34. The van der Waals surface area contributed by atoms with E-state index in [4.69, 9.17) is 0 Å². The summed E-state index contributed by atoms with van der Waals surface area (Å²) in [5.41, 5.74) is 0.767. The van der Waals surface area contributed by atoms with E-state index in [1.54, 1.807) is 6.20 Å². The number of hydrogen-bond donors (Lipinski definition) is 0. The minimum absolute atomic E-state index is 0.318. The second-order valence-electron chi connectivity index (χ2n) is 5.63. The maximum atomic E-state index is 13.1. The van der Waals surface area contributed by atoms with Gasteiger partial charge in [0.05, 0.1) is 6.20 Å². The predicted molar refractivity (Wildman–Crippen MR) is 69.1 cm³/mol. The van der Waals surface area contributed by atoms with E-state index in [-0.39, 0.29) is 12.2 Å². The van der Waals surface area contributed by atoms with Crippen LogP contribution in [0.1, 0.15) is 12.0 Å². The number of amides is 1. The maximum Gasteiger partial charge on any atom is 0.260 e. The summed E-state index contributed by atoms with van der Waals surface area (Å²) in [4.78, 5) is 19.2. The largest absolute Gasteiger partial charge is 0.340 e. The van der Waals surface area contributed by atoms with E-state index in [0.29, 0.717) is 32.7 Å². The van der Waals surface area contributed by atoms with Crippen LogP contribution in [0.3, 0.4) is 0 Å². The lowest BCUT2D eigenvalue weighted by molar-refractivity contribution is -0.136. The Labute approximate surface area is 120 Å². The molecule has 2 heterocycles. The number of rotatable bonds is 3. The minimum Gasteiger partial charge on any atom is -0.340 e. The van der Waals surface area contributed by atoms with Gasteiger partial charge in [-0.2, -0.15) is 0 Å². The molecule has 0 aromatic carbocycles. The van der Waals surface area contributed by atoms with Crippen LogP contribution in [0.15, 0.2) is 18.5 Å². The Bertz CT molecular complexity index is 544. The molecule has 1 saturated heterocycles. The molecule has 0 bridgehead atoms. The fourth-order valence-corrected chi connectivity index (χ4v) is 2.63. The van der Waals surface area contributed by atoms with Crippen molar-refractivity contribution < 1.29 is 18.0 Å². The van der Waals surface area contributed by atoms with Gasteiger partial charge in [0.2, 0.25) is 5.91 Å². The van der Waals surface area contributed by atoms with Crippen LogP contribution in [-0.4, -0.2) is 52.8 Å². The molecule has 1 aromatic heterocycles. The van der Waals surface area contributed by atoms with E-state index < -0.39 is 17.7 Å². The summed E-state index contributed by atoms with van der Waals surface area (Å²) >= 11 is 0. The van der Waals surface area contributed by atoms with Crippen LogP contribution in [0.2, 0.25) is 0 Å². The van der Waals surface area contributed by atoms with Crippen LogP contribution in [0.4, 0.5) is 13.2 Å². The molecule has 0 radical (unpaired) electrons. The summed E-state index contributed by atoms with van der Waals surface area (Å²) < 4.78 is 38.9. The first kappa shape index (κ1) is 14.3. The smallest absolute Gasteiger partial charge is 0.260 e. The highest BCUT2D eigenvalue weighted by Gasteiger charge is 2.62. The second-order valence-corrected chi connectivity index (χ2v) is 5.63. The number of carbonyl (C=O) groups excluding carboxylic acids is 1. The molecule has 0 spiro atoms. The van der Waals surface area contributed by atoms with Crippen molar-refractivity contribution in [3.63, 3.8) is 0 Å². The van der Waals surface area contributed by atoms with Crippen LogP contribution < -0.4 is 0 Å². The van der Waals surface area contributed by atoms with Gasteiger partial charge in [0.15, 0.2) is 0 Å². The van der Waals surface area contributed by atoms with Crippen molar-refractivity contribution in [2.24, 2.45) is 5.92 Å². The number of halogens is 3. The maximum absolute atomic E-state index is 13.1. The summed E-state index contributed by atoms with van der Waals surface area (Å²) in [6.07, 6.45) is 2.43. The number of alkyl halides is 2. The zero-order chi connectivity index (χ0) is 15.0. The van der Waals surface area contributed by atoms with E-state index in [1.807, 2.05) is 0 Å². The van der Waals surface area contributed by atoms with Gasteiger partial charge in [-0.1, -0.05) is 0 Å². The summed E-state index contributed by atoms with van der Waals surface area (Å²) in [6.45, 7) is 2.62. The van der Waals surface area contributed by atoms with Gasteiger partial charge in [-0.25, -0.2) is 13.2 Å². The third-order valence-corrected chi connectivity index (χ3v) is 3.98. The van der Waals surface area contributed by atoms with E-state index in [1.165, 1.54) is 11.0 Å². The molecular formula is C14H16F3N3O. The zero-order valence-corrected chi connectivity index (χ0v) is 11.4. The van der Waals surface area contributed by atoms with Crippen molar-refractivity contribution in [2.75, 3.05) is 26.2 Å². The Kier molecular flexibility index (Phi) is 3.61. The first-order valence-corrected chi connectivity index (χ1v) is 6.94. The number of pyridine rings is 1. The van der Waals surface area contributed by atoms with Gasteiger partial charge in [-0.05, 0) is 11.6 Å². The summed E-state index contributed by atoms with van der Waals surface area (Å²) in [5.74, 6) is -4.73. The quantitative estimate of drug-likeness (QED) is 0.849. The molecule has 1 amide bonds. The van der Waals surface area contributed by atoms with Crippen molar-refractivity contribution in [2.45, 2.75) is 18.9 Å². The highest BCUT2D eigenvalue weighted by molar-refractivity contribution is 5.83. The highest BCUT2D eigenvalue weighted by Crippen LogP contribution is 2.49. The lowest BCUT2D eigenvalue weighted by atomic mass is 10.2. The minimum atomic E-state index is -2.80. The van der Waals surface area contributed by atoms with Crippen LogP contribution in [0, 0.1) is 11.7 Å². The highest BCUT2D eigenvalue weighted by atomic mass is 19.3. The van der Waals surface area contributed by atoms with Gasteiger partial charge in [0.1, 0.15) is 11.7 Å². The third-order valence-electron chi connectivity index (χ3n) is 3.98. The van der Waals surface area contributed by atoms with Crippen LogP contribution in [0.5, 0.6) is 0 Å². The molecule has 0 N–H and O–H groups in total. The van der Waals surface area contributed by atoms with Crippen molar-refractivity contribution in [3.8, 4) is 0 Å². The molecule has 2 fully saturated rings. The normalized spacial score (nSPS) is 24.9. The summed E-state index contributed by atoms with van der Waals surface area (Å²) in [6, 6.07) is 1.43. The van der Waals surface area contributed by atoms with Gasteiger partial charge in [-0.15, -0.1) is 0 Å². The van der Waals surface area contributed by atoms with Crippen LogP contribution in [-0.2, 0) is 11.3 Å². The van der Waals surface area contributed by atoms with E-state index in [0.717, 1.165) is 11.8 Å². The summed E-state index contributed by atoms with van der Waals surface area (Å²) in [5, 5.41) is 0. The van der Waals surface area contributed by atoms with Crippen LogP contribution >= 0.6 is 0 Å². The van der Waals surface area contributed by atoms with Gasteiger partial charge in [-0.3, -0.25) is 14.7 Å². The monoisotopic (exact) mass is 299 g/mol. The van der Waals surface area contributed by atoms with E-state index in [9.17, 15) is 18.0 Å². The first-order chi connectivity index (χ1) is 9.95. The standard InChI is InChI=1S/C14H16F3N3O/c15-11-5-10(7-18-8-11)9-19-1-3-20(4-2-19)13(21)12-6-14(12,16)17/h5,7-8,12H,1-4,6,9H2. The fourth-order valence-electron chi connectivity index (χ4n) is 2.63. The molecule has 1 aliphatic heterocycles. The molecule has 2 aliphatic rings. The molecule has 3 rings (SSSR count). The topological polar surface area (TPSA) is 36.4 Å². The Morgan fingerprint density at radius 2 is 1.95 bits per heavy atom. The number of piperazine rings is 1. The molecule has 114 valence electrons. The average Bonchev–Trinajstić information content (AvgIpc) is 3.08. The van der Waals surface area contributed by atoms with Gasteiger partial charge in [0, 0.05) is 45.3 Å². The van der Waals surface area contributed by atoms with Crippen molar-refractivity contribution >= 4 is 5.91 Å². The zero-order valence-electron chi connectivity index (χ0n) is 11.4. The molecule has 7 heteroatoms. The van der Waals surface area contributed by atoms with Gasteiger partial charge >= 0.3 is 0 Å². The van der Waals surface area contributed by atoms with Crippen LogP contribution in [0.25, 0.3) is 0 Å². The molecule has 4 nitrogen and oxygen atoms in total. The Morgan fingerprint density at radius 3 is 2.52 bits per heavy atom. The van der Waals surface area contributed by atoms with Crippen molar-refractivity contribution in [3.05, 3.63) is 29.8 Å². The third kappa shape index (κ3) is 3.18. The Hall–Kier alpha value is -1.63. The number of carbonyl (C=O) groups is 1. The molecule has 1 aliphatic carbocycles. The van der Waals surface area contributed by atoms with Crippen molar-refractivity contribution in [1.82, 2.24) is 14.8 Å². The van der Waals surface area contributed by atoms with E-state index >= 15 is 0 Å². The Morgan fingerprint density at radius 1 is 1.29 bits per heavy atom. The lowest BCUT2D eigenvalue weighted by Crippen LogP contribution is -2.49.